The summed E-state index contributed by atoms with van der Waals surface area (Å²) >= 11 is 0. The van der Waals surface area contributed by atoms with E-state index < -0.39 is 22.3 Å². The van der Waals surface area contributed by atoms with Crippen molar-refractivity contribution in [2.75, 3.05) is 0 Å². The second kappa shape index (κ2) is 5.35. The predicted octanol–water partition coefficient (Wildman–Crippen LogP) is 2.91. The zero-order chi connectivity index (χ0) is 18.6. The molecule has 2 aliphatic rings. The van der Waals surface area contributed by atoms with Crippen LogP contribution in [0.1, 0.15) is 16.9 Å². The fourth-order valence-electron chi connectivity index (χ4n) is 3.16. The molecule has 3 N–H and O–H groups in total. The highest BCUT2D eigenvalue weighted by Gasteiger charge is 2.30. The van der Waals surface area contributed by atoms with E-state index in [2.05, 4.69) is 0 Å². The van der Waals surface area contributed by atoms with E-state index in [0.717, 1.165) is 0 Å². The van der Waals surface area contributed by atoms with Gasteiger partial charge in [0.05, 0.1) is 6.07 Å². The lowest BCUT2D eigenvalue weighted by atomic mass is 9.78. The van der Waals surface area contributed by atoms with Gasteiger partial charge in [0, 0.05) is 5.57 Å². The molecule has 2 aliphatic carbocycles. The van der Waals surface area contributed by atoms with Crippen LogP contribution in [0.15, 0.2) is 57.7 Å². The second-order valence-corrected chi connectivity index (χ2v) is 5.92. The van der Waals surface area contributed by atoms with Crippen molar-refractivity contribution < 1.29 is 29.5 Å². The van der Waals surface area contributed by atoms with Gasteiger partial charge in [-0.3, -0.25) is 14.9 Å². The first-order chi connectivity index (χ1) is 12.3. The van der Waals surface area contributed by atoms with Crippen LogP contribution in [0.5, 0.6) is 11.5 Å². The summed E-state index contributed by atoms with van der Waals surface area (Å²) in [5.41, 5.74) is 2.49. The van der Waals surface area contributed by atoms with E-state index >= 15 is 0 Å². The number of allylic oxidation sites excluding steroid dienone is 4. The van der Waals surface area contributed by atoms with Crippen molar-refractivity contribution in [3.05, 3.63) is 80.3 Å². The van der Waals surface area contributed by atoms with Gasteiger partial charge in [0.15, 0.2) is 17.3 Å². The van der Waals surface area contributed by atoms with Gasteiger partial charge in [-0.2, -0.15) is 0 Å². The lowest BCUT2D eigenvalue weighted by Gasteiger charge is -2.25. The highest BCUT2D eigenvalue weighted by molar-refractivity contribution is 6.07. The summed E-state index contributed by atoms with van der Waals surface area (Å²) in [7, 11) is 0. The summed E-state index contributed by atoms with van der Waals surface area (Å²) in [6.07, 6.45) is 2.82. The summed E-state index contributed by atoms with van der Waals surface area (Å²) in [6.45, 7) is 0. The van der Waals surface area contributed by atoms with E-state index in [0.29, 0.717) is 27.8 Å². The number of aliphatic hydroxyl groups excluding tert-OH is 1. The average Bonchev–Trinajstić information content (AvgIpc) is 3.06. The average molecular weight is 353 g/mol. The van der Waals surface area contributed by atoms with E-state index in [1.165, 1.54) is 36.4 Å². The molecule has 1 aromatic carbocycles. The standard InChI is InChI=1S/C18H11NO7/c20-12-4-8-3-9-5-13(21)15(23)7-11(9)18(10(8)6-14(12)22)16-1-2-17(26-16)19(24)25/h1-2,4-7,20,22-23H,3H2. The van der Waals surface area contributed by atoms with Crippen LogP contribution >= 0.6 is 0 Å². The predicted molar refractivity (Wildman–Crippen MR) is 88.7 cm³/mol. The first-order valence-electron chi connectivity index (χ1n) is 7.55. The SMILES string of the molecule is O=C1C=C2Cc3cc(O)c(O)cc3C(c3ccc([N+](=O)[O-])o3)=C2C=C1O. The van der Waals surface area contributed by atoms with E-state index in [1.54, 1.807) is 0 Å². The van der Waals surface area contributed by atoms with Crippen LogP contribution in [-0.2, 0) is 11.2 Å². The number of phenolic OH excluding ortho intramolecular Hbond substituents is 2. The number of aromatic hydroxyl groups is 2. The Bertz CT molecular complexity index is 1080. The fraction of sp³-hybridized carbons (Fsp3) is 0.0556. The molecule has 8 nitrogen and oxygen atoms in total. The number of nitro groups is 1. The quantitative estimate of drug-likeness (QED) is 0.429. The second-order valence-electron chi connectivity index (χ2n) is 5.92. The summed E-state index contributed by atoms with van der Waals surface area (Å²) in [5, 5.41) is 40.4. The molecule has 0 aliphatic heterocycles. The summed E-state index contributed by atoms with van der Waals surface area (Å²) in [6, 6.07) is 5.28. The zero-order valence-corrected chi connectivity index (χ0v) is 13.1. The molecule has 0 spiro atoms. The van der Waals surface area contributed by atoms with Gasteiger partial charge in [-0.1, -0.05) is 0 Å². The number of rotatable bonds is 2. The van der Waals surface area contributed by atoms with Gasteiger partial charge in [-0.15, -0.1) is 0 Å². The molecule has 4 rings (SSSR count). The van der Waals surface area contributed by atoms with Crippen LogP contribution in [0.2, 0.25) is 0 Å². The topological polar surface area (TPSA) is 134 Å². The highest BCUT2D eigenvalue weighted by atomic mass is 16.6. The number of hydrogen-bond acceptors (Lipinski definition) is 7. The zero-order valence-electron chi connectivity index (χ0n) is 13.1. The number of aliphatic hydroxyl groups is 1. The van der Waals surface area contributed by atoms with Crippen molar-refractivity contribution in [3.8, 4) is 11.5 Å². The Morgan fingerprint density at radius 1 is 1.08 bits per heavy atom. The minimum Gasteiger partial charge on any atom is -0.504 e. The van der Waals surface area contributed by atoms with Crippen LogP contribution in [0, 0.1) is 10.1 Å². The number of carbonyl (C=O) groups is 1. The number of nitrogens with zero attached hydrogens (tertiary/aromatic N) is 1. The minimum absolute atomic E-state index is 0.141. The molecule has 0 fully saturated rings. The Labute approximate surface area is 145 Å². The van der Waals surface area contributed by atoms with Gasteiger partial charge in [0.1, 0.15) is 10.7 Å². The fourth-order valence-corrected chi connectivity index (χ4v) is 3.16. The van der Waals surface area contributed by atoms with Gasteiger partial charge in [-0.05, 0) is 59.0 Å². The van der Waals surface area contributed by atoms with Crippen LogP contribution < -0.4 is 0 Å². The molecule has 1 heterocycles. The largest absolute Gasteiger partial charge is 0.504 e. The molecule has 0 atom stereocenters. The number of fused-ring (bicyclic) bond motifs is 2. The van der Waals surface area contributed by atoms with Crippen molar-refractivity contribution in [2.45, 2.75) is 6.42 Å². The van der Waals surface area contributed by atoms with Gasteiger partial charge >= 0.3 is 5.88 Å². The van der Waals surface area contributed by atoms with Gasteiger partial charge < -0.3 is 19.7 Å². The molecule has 0 amide bonds. The number of carbonyl (C=O) groups excluding carboxylic acids is 1. The Balaban J connectivity index is 2.03. The molecule has 0 saturated carbocycles. The molecular formula is C18H11NO7. The summed E-state index contributed by atoms with van der Waals surface area (Å²) in [5.74, 6) is -2.03. The number of benzene rings is 1. The summed E-state index contributed by atoms with van der Waals surface area (Å²) < 4.78 is 5.30. The van der Waals surface area contributed by atoms with Gasteiger partial charge in [-0.25, -0.2) is 0 Å². The molecule has 26 heavy (non-hydrogen) atoms. The Morgan fingerprint density at radius 2 is 1.81 bits per heavy atom. The van der Waals surface area contributed by atoms with Gasteiger partial charge in [0.2, 0.25) is 5.78 Å². The van der Waals surface area contributed by atoms with Crippen LogP contribution in [0.25, 0.3) is 5.57 Å². The monoisotopic (exact) mass is 353 g/mol. The van der Waals surface area contributed by atoms with Crippen molar-refractivity contribution in [2.24, 2.45) is 0 Å². The molecule has 0 saturated heterocycles. The molecular weight excluding hydrogens is 342 g/mol. The smallest absolute Gasteiger partial charge is 0.433 e. The van der Waals surface area contributed by atoms with Crippen molar-refractivity contribution in [3.63, 3.8) is 0 Å². The first-order valence-corrected chi connectivity index (χ1v) is 7.55. The van der Waals surface area contributed by atoms with Crippen molar-refractivity contribution in [1.29, 1.82) is 0 Å². The van der Waals surface area contributed by atoms with Crippen molar-refractivity contribution in [1.82, 2.24) is 0 Å². The summed E-state index contributed by atoms with van der Waals surface area (Å²) in [4.78, 5) is 22.1. The number of hydrogen-bond donors (Lipinski definition) is 3. The molecule has 130 valence electrons. The molecule has 1 aromatic heterocycles. The molecule has 2 aromatic rings. The normalized spacial score (nSPS) is 15.9. The maximum Gasteiger partial charge on any atom is 0.433 e. The minimum atomic E-state index is -0.679. The van der Waals surface area contributed by atoms with E-state index in [4.69, 9.17) is 4.42 Å². The maximum atomic E-state index is 11.8. The third-order valence-corrected chi connectivity index (χ3v) is 4.32. The van der Waals surface area contributed by atoms with E-state index in [-0.39, 0.29) is 23.7 Å². The third kappa shape index (κ3) is 2.27. The Morgan fingerprint density at radius 3 is 2.50 bits per heavy atom. The van der Waals surface area contributed by atoms with Crippen LogP contribution in [-0.4, -0.2) is 26.0 Å². The third-order valence-electron chi connectivity index (χ3n) is 4.32. The van der Waals surface area contributed by atoms with Crippen molar-refractivity contribution >= 4 is 17.2 Å². The maximum absolute atomic E-state index is 11.8. The number of phenols is 2. The van der Waals surface area contributed by atoms with E-state index in [9.17, 15) is 30.2 Å². The Kier molecular flexibility index (Phi) is 3.23. The lowest BCUT2D eigenvalue weighted by molar-refractivity contribution is -0.402. The van der Waals surface area contributed by atoms with E-state index in [1.807, 2.05) is 0 Å². The Hall–Kier alpha value is -3.81. The molecule has 0 radical (unpaired) electrons. The first kappa shape index (κ1) is 15.7. The van der Waals surface area contributed by atoms with Gasteiger partial charge in [0.25, 0.3) is 0 Å². The highest BCUT2D eigenvalue weighted by Crippen LogP contribution is 2.45. The van der Waals surface area contributed by atoms with Crippen LogP contribution in [0.3, 0.4) is 0 Å². The number of furan rings is 1. The molecule has 0 bridgehead atoms. The molecule has 0 unspecified atom stereocenters. The molecule has 8 heteroatoms. The number of ketones is 1. The van der Waals surface area contributed by atoms with Crippen LogP contribution in [0.4, 0.5) is 5.88 Å². The lowest BCUT2D eigenvalue weighted by Crippen LogP contribution is -2.14.